The van der Waals surface area contributed by atoms with E-state index in [1.165, 1.54) is 36.4 Å². The van der Waals surface area contributed by atoms with Crippen LogP contribution >= 0.6 is 0 Å². The summed E-state index contributed by atoms with van der Waals surface area (Å²) < 4.78 is 104. The molecule has 0 amide bonds. The molecule has 304 valence electrons. The van der Waals surface area contributed by atoms with E-state index < -0.39 is 25.6 Å². The van der Waals surface area contributed by atoms with Crippen LogP contribution < -0.4 is 23.8 Å². The first-order chi connectivity index (χ1) is 27.3. The van der Waals surface area contributed by atoms with Crippen LogP contribution in [0, 0.1) is 11.3 Å². The molecule has 4 aromatic carbocycles. The normalized spacial score (nSPS) is 13.1. The zero-order chi connectivity index (χ0) is 40.8. The van der Waals surface area contributed by atoms with Gasteiger partial charge in [0.25, 0.3) is 0 Å². The number of carbonyl (C=O) groups excluding carboxylic acids is 1. The summed E-state index contributed by atoms with van der Waals surface area (Å²) in [6, 6.07) is 26.9. The number of anilines is 1. The number of hydrogen-bond acceptors (Lipinski definition) is 9. The van der Waals surface area contributed by atoms with Gasteiger partial charge in [0, 0.05) is 32.2 Å². The third-order valence-corrected chi connectivity index (χ3v) is 9.06. The molecule has 0 saturated carbocycles. The molecule has 0 N–H and O–H groups in total. The number of halogens is 6. The number of alkyl halides is 6. The van der Waals surface area contributed by atoms with E-state index in [0.717, 1.165) is 23.2 Å². The third-order valence-electron chi connectivity index (χ3n) is 9.06. The van der Waals surface area contributed by atoms with E-state index in [1.807, 2.05) is 24.0 Å². The van der Waals surface area contributed by atoms with E-state index >= 15 is 0 Å². The molecule has 0 aliphatic carbocycles. The Balaban J connectivity index is 1.24. The minimum absolute atomic E-state index is 0.0577. The summed E-state index contributed by atoms with van der Waals surface area (Å²) in [6.45, 7) is 1.27. The highest BCUT2D eigenvalue weighted by Gasteiger charge is 2.30. The third kappa shape index (κ3) is 13.2. The molecule has 4 aromatic rings. The Morgan fingerprint density at radius 3 is 1.82 bits per heavy atom. The van der Waals surface area contributed by atoms with E-state index in [1.54, 1.807) is 36.4 Å². The van der Waals surface area contributed by atoms with E-state index in [-0.39, 0.29) is 54.8 Å². The molecule has 1 aliphatic rings. The van der Waals surface area contributed by atoms with Gasteiger partial charge in [-0.25, -0.2) is 4.79 Å². The van der Waals surface area contributed by atoms with Crippen molar-refractivity contribution in [3.05, 3.63) is 113 Å². The second-order valence-electron chi connectivity index (χ2n) is 13.3. The molecule has 1 atom stereocenters. The van der Waals surface area contributed by atoms with Crippen molar-refractivity contribution in [3.63, 3.8) is 0 Å². The molecular weight excluding hydrogens is 756 g/mol. The molecule has 15 heteroatoms. The number of benzene rings is 4. The highest BCUT2D eigenvalue weighted by Crippen LogP contribution is 2.34. The predicted molar refractivity (Wildman–Crippen MR) is 200 cm³/mol. The van der Waals surface area contributed by atoms with Crippen molar-refractivity contribution in [2.45, 2.75) is 44.6 Å². The molecule has 0 fully saturated rings. The van der Waals surface area contributed by atoms with Gasteiger partial charge in [0.2, 0.25) is 0 Å². The van der Waals surface area contributed by atoms with Crippen molar-refractivity contribution in [1.82, 2.24) is 4.90 Å². The molecule has 0 radical (unpaired) electrons. The van der Waals surface area contributed by atoms with Crippen LogP contribution in [-0.2, 0) is 17.6 Å². The molecule has 5 rings (SSSR count). The molecule has 0 spiro atoms. The van der Waals surface area contributed by atoms with Crippen LogP contribution in [0.25, 0.3) is 0 Å². The summed E-state index contributed by atoms with van der Waals surface area (Å²) in [5.41, 5.74) is 3.81. The van der Waals surface area contributed by atoms with E-state index in [2.05, 4.69) is 17.0 Å². The second-order valence-corrected chi connectivity index (χ2v) is 13.3. The lowest BCUT2D eigenvalue weighted by molar-refractivity contribution is -0.154. The molecule has 1 aliphatic heterocycles. The fourth-order valence-corrected chi connectivity index (χ4v) is 6.46. The second kappa shape index (κ2) is 20.0. The van der Waals surface area contributed by atoms with Gasteiger partial charge in [-0.1, -0.05) is 48.5 Å². The molecule has 0 aromatic heterocycles. The van der Waals surface area contributed by atoms with Gasteiger partial charge in [-0.2, -0.15) is 31.6 Å². The Hall–Kier alpha value is -5.62. The molecular formula is C42H43F6N3O6. The van der Waals surface area contributed by atoms with Crippen molar-refractivity contribution in [2.24, 2.45) is 0 Å². The van der Waals surface area contributed by atoms with Gasteiger partial charge in [-0.15, -0.1) is 0 Å². The van der Waals surface area contributed by atoms with Crippen LogP contribution in [-0.4, -0.2) is 88.5 Å². The Morgan fingerprint density at radius 1 is 0.772 bits per heavy atom. The first-order valence-electron chi connectivity index (χ1n) is 18.4. The monoisotopic (exact) mass is 799 g/mol. The number of esters is 1. The smallest absolute Gasteiger partial charge is 0.422 e. The van der Waals surface area contributed by atoms with E-state index in [4.69, 9.17) is 23.7 Å². The Bertz CT molecular complexity index is 1890. The quantitative estimate of drug-likeness (QED) is 0.0496. The molecule has 57 heavy (non-hydrogen) atoms. The largest absolute Gasteiger partial charge is 0.488 e. The minimum atomic E-state index is -4.53. The van der Waals surface area contributed by atoms with Crippen LogP contribution in [0.15, 0.2) is 91.0 Å². The van der Waals surface area contributed by atoms with Crippen LogP contribution in [0.5, 0.6) is 23.0 Å². The fraction of sp³-hybridized carbons (Fsp3) is 0.381. The van der Waals surface area contributed by atoms with E-state index in [0.29, 0.717) is 50.1 Å². The molecule has 0 unspecified atom stereocenters. The number of nitriles is 1. The first kappa shape index (κ1) is 42.5. The zero-order valence-corrected chi connectivity index (χ0v) is 31.3. The maximum atomic E-state index is 12.9. The van der Waals surface area contributed by atoms with Gasteiger partial charge in [0.1, 0.15) is 19.3 Å². The number of hydrogen-bond donors (Lipinski definition) is 0. The Morgan fingerprint density at radius 2 is 1.30 bits per heavy atom. The lowest BCUT2D eigenvalue weighted by atomic mass is 9.98. The number of ether oxygens (including phenoxy) is 5. The lowest BCUT2D eigenvalue weighted by Gasteiger charge is -2.30. The number of rotatable bonds is 20. The number of nitrogens with zero attached hydrogens (tertiary/aromatic N) is 3. The number of para-hydroxylation sites is 4. The van der Waals surface area contributed by atoms with Crippen LogP contribution in [0.2, 0.25) is 0 Å². The molecule has 9 nitrogen and oxygen atoms in total. The zero-order valence-electron chi connectivity index (χ0n) is 31.3. The standard InChI is InChI=1S/C42H43F6N3O6/c1-30(24-31-25-33-16-18-51(39(33)34(26-31)27-49)17-9-21-55-40(52)32-10-3-2-4-11-32)50(19-22-53-35-12-5-7-14-37(35)56-28-41(43,44)45)20-23-54-36-13-6-8-15-38(36)57-29-42(46,47)48/h2-8,10-15,25-26,30H,9,16-24,28-29H2,1H3/t30-/m1/s1. The van der Waals surface area contributed by atoms with Crippen molar-refractivity contribution in [3.8, 4) is 29.1 Å². The highest BCUT2D eigenvalue weighted by atomic mass is 19.4. The van der Waals surface area contributed by atoms with Gasteiger partial charge in [-0.05, 0) is 79.8 Å². The van der Waals surface area contributed by atoms with Crippen molar-refractivity contribution < 1.29 is 54.8 Å². The summed E-state index contributed by atoms with van der Waals surface area (Å²) in [7, 11) is 0. The maximum Gasteiger partial charge on any atom is 0.422 e. The van der Waals surface area contributed by atoms with Crippen LogP contribution in [0.3, 0.4) is 0 Å². The van der Waals surface area contributed by atoms with Crippen LogP contribution in [0.4, 0.5) is 32.0 Å². The summed E-state index contributed by atoms with van der Waals surface area (Å²) >= 11 is 0. The summed E-state index contributed by atoms with van der Waals surface area (Å²) in [5, 5.41) is 10.2. The Kier molecular flexibility index (Phi) is 14.9. The van der Waals surface area contributed by atoms with Gasteiger partial charge in [-0.3, -0.25) is 4.90 Å². The average Bonchev–Trinajstić information content (AvgIpc) is 3.60. The van der Waals surface area contributed by atoms with Gasteiger partial charge in [0.15, 0.2) is 36.2 Å². The number of carbonyl (C=O) groups is 1. The number of fused-ring (bicyclic) bond motifs is 1. The summed E-state index contributed by atoms with van der Waals surface area (Å²) in [6.07, 6.45) is -7.24. The van der Waals surface area contributed by atoms with Crippen molar-refractivity contribution in [1.29, 1.82) is 5.26 Å². The minimum Gasteiger partial charge on any atom is -0.488 e. The van der Waals surface area contributed by atoms with Gasteiger partial charge >= 0.3 is 18.3 Å². The highest BCUT2D eigenvalue weighted by molar-refractivity contribution is 5.89. The lowest BCUT2D eigenvalue weighted by Crippen LogP contribution is -2.40. The van der Waals surface area contributed by atoms with E-state index in [9.17, 15) is 36.4 Å². The topological polar surface area (TPSA) is 93.5 Å². The Labute approximate surface area is 327 Å². The van der Waals surface area contributed by atoms with Crippen molar-refractivity contribution >= 4 is 11.7 Å². The average molecular weight is 800 g/mol. The maximum absolute atomic E-state index is 12.9. The van der Waals surface area contributed by atoms with Gasteiger partial charge in [0.05, 0.1) is 23.4 Å². The molecule has 0 saturated heterocycles. The molecule has 1 heterocycles. The summed E-state index contributed by atoms with van der Waals surface area (Å²) in [4.78, 5) is 16.5. The van der Waals surface area contributed by atoms with Crippen LogP contribution in [0.1, 0.15) is 40.4 Å². The van der Waals surface area contributed by atoms with Gasteiger partial charge < -0.3 is 28.6 Å². The predicted octanol–water partition coefficient (Wildman–Crippen LogP) is 8.44. The SMILES string of the molecule is C[C@H](Cc1cc(C#N)c2c(c1)CCN2CCCOC(=O)c1ccccc1)N(CCOc1ccccc1OCC(F)(F)F)CCOc1ccccc1OCC(F)(F)F. The fourth-order valence-electron chi connectivity index (χ4n) is 6.46. The molecule has 0 bridgehead atoms. The van der Waals surface area contributed by atoms with Crippen molar-refractivity contribution in [2.75, 3.05) is 64.1 Å². The summed E-state index contributed by atoms with van der Waals surface area (Å²) in [5.74, 6) is -0.231. The first-order valence-corrected chi connectivity index (χ1v) is 18.4.